The second-order valence-corrected chi connectivity index (χ2v) is 9.06. The third-order valence-corrected chi connectivity index (χ3v) is 5.81. The number of fused-ring (bicyclic) bond motifs is 1. The van der Waals surface area contributed by atoms with Crippen molar-refractivity contribution < 1.29 is 0 Å². The zero-order valence-electron chi connectivity index (χ0n) is 17.6. The number of aryl methyl sites for hydroxylation is 1. The van der Waals surface area contributed by atoms with Crippen molar-refractivity contribution in [3.8, 4) is 10.6 Å². The van der Waals surface area contributed by atoms with Gasteiger partial charge in [-0.2, -0.15) is 9.61 Å². The smallest absolute Gasteiger partial charge is 0.275 e. The van der Waals surface area contributed by atoms with Gasteiger partial charge in [-0.1, -0.05) is 85.3 Å². The molecule has 5 nitrogen and oxygen atoms in total. The molecule has 0 fully saturated rings. The van der Waals surface area contributed by atoms with Crippen LogP contribution in [0.2, 0.25) is 0 Å². The summed E-state index contributed by atoms with van der Waals surface area (Å²) in [4.78, 5) is 20.4. The van der Waals surface area contributed by atoms with Crippen LogP contribution in [0.25, 0.3) is 15.5 Å². The minimum atomic E-state index is -0.131. The van der Waals surface area contributed by atoms with Gasteiger partial charge in [-0.25, -0.2) is 4.98 Å². The SMILES string of the molecule is Cc1ccc(CN(Cc2cc(=O)n3nc(-c4ccccc4)sc3n2)CC(C)C)cc1. The largest absolute Gasteiger partial charge is 0.293 e. The van der Waals surface area contributed by atoms with E-state index in [9.17, 15) is 4.79 Å². The first-order valence-electron chi connectivity index (χ1n) is 10.2. The Hall–Kier alpha value is -2.83. The quantitative estimate of drug-likeness (QED) is 0.433. The van der Waals surface area contributed by atoms with E-state index in [1.807, 2.05) is 30.3 Å². The highest BCUT2D eigenvalue weighted by Gasteiger charge is 2.14. The van der Waals surface area contributed by atoms with Crippen LogP contribution in [0.4, 0.5) is 0 Å². The third-order valence-electron chi connectivity index (χ3n) is 4.85. The molecule has 0 saturated heterocycles. The van der Waals surface area contributed by atoms with Crippen LogP contribution in [0.15, 0.2) is 65.5 Å². The summed E-state index contributed by atoms with van der Waals surface area (Å²) in [5.41, 5.74) is 4.18. The van der Waals surface area contributed by atoms with Gasteiger partial charge in [0.05, 0.1) is 5.69 Å². The van der Waals surface area contributed by atoms with Crippen LogP contribution in [-0.2, 0) is 13.1 Å². The highest BCUT2D eigenvalue weighted by molar-refractivity contribution is 7.19. The molecular formula is C24H26N4OS. The molecule has 4 aromatic rings. The number of hydrogen-bond acceptors (Lipinski definition) is 5. The first kappa shape index (κ1) is 20.4. The van der Waals surface area contributed by atoms with Gasteiger partial charge in [0, 0.05) is 31.3 Å². The minimum Gasteiger partial charge on any atom is -0.293 e. The van der Waals surface area contributed by atoms with Crippen LogP contribution in [0.3, 0.4) is 0 Å². The maximum Gasteiger partial charge on any atom is 0.275 e. The Morgan fingerprint density at radius 1 is 1.03 bits per heavy atom. The molecule has 154 valence electrons. The lowest BCUT2D eigenvalue weighted by atomic mass is 10.1. The van der Waals surface area contributed by atoms with E-state index in [1.54, 1.807) is 6.07 Å². The molecule has 0 bridgehead atoms. The van der Waals surface area contributed by atoms with Gasteiger partial charge in [0.25, 0.3) is 5.56 Å². The third kappa shape index (κ3) is 4.83. The summed E-state index contributed by atoms with van der Waals surface area (Å²) in [6.07, 6.45) is 0. The standard InChI is InChI=1S/C24H26N4OS/c1-17(2)14-27(15-19-11-9-18(3)10-12-19)16-21-13-22(29)28-24(25-21)30-23(26-28)20-7-5-4-6-8-20/h4-13,17H,14-16H2,1-3H3. The van der Waals surface area contributed by atoms with Gasteiger partial charge in [-0.05, 0) is 18.4 Å². The highest BCUT2D eigenvalue weighted by atomic mass is 32.1. The molecular weight excluding hydrogens is 392 g/mol. The zero-order valence-corrected chi connectivity index (χ0v) is 18.4. The van der Waals surface area contributed by atoms with E-state index in [-0.39, 0.29) is 5.56 Å². The fourth-order valence-electron chi connectivity index (χ4n) is 3.52. The van der Waals surface area contributed by atoms with Crippen LogP contribution in [0.5, 0.6) is 0 Å². The zero-order chi connectivity index (χ0) is 21.1. The number of hydrogen-bond donors (Lipinski definition) is 0. The van der Waals surface area contributed by atoms with Gasteiger partial charge < -0.3 is 0 Å². The molecule has 0 radical (unpaired) electrons. The van der Waals surface area contributed by atoms with Gasteiger partial charge in [-0.15, -0.1) is 0 Å². The van der Waals surface area contributed by atoms with E-state index in [2.05, 4.69) is 55.0 Å². The fraction of sp³-hybridized carbons (Fsp3) is 0.292. The molecule has 0 amide bonds. The Balaban J connectivity index is 1.61. The summed E-state index contributed by atoms with van der Waals surface area (Å²) < 4.78 is 1.41. The van der Waals surface area contributed by atoms with Crippen molar-refractivity contribution in [2.75, 3.05) is 6.54 Å². The molecule has 6 heteroatoms. The van der Waals surface area contributed by atoms with Gasteiger partial charge in [0.1, 0.15) is 5.01 Å². The summed E-state index contributed by atoms with van der Waals surface area (Å²) in [5.74, 6) is 0.522. The van der Waals surface area contributed by atoms with Crippen molar-refractivity contribution in [3.63, 3.8) is 0 Å². The molecule has 4 rings (SSSR count). The van der Waals surface area contributed by atoms with E-state index >= 15 is 0 Å². The van der Waals surface area contributed by atoms with Gasteiger partial charge in [-0.3, -0.25) is 9.69 Å². The second-order valence-electron chi connectivity index (χ2n) is 8.10. The van der Waals surface area contributed by atoms with Gasteiger partial charge >= 0.3 is 0 Å². The molecule has 30 heavy (non-hydrogen) atoms. The normalized spacial score (nSPS) is 11.6. The maximum atomic E-state index is 12.7. The Morgan fingerprint density at radius 3 is 2.47 bits per heavy atom. The lowest BCUT2D eigenvalue weighted by Crippen LogP contribution is -2.28. The minimum absolute atomic E-state index is 0.131. The average Bonchev–Trinajstić information content (AvgIpc) is 3.15. The Labute approximate surface area is 180 Å². The Bertz CT molecular complexity index is 1180. The van der Waals surface area contributed by atoms with Gasteiger partial charge in [0.15, 0.2) is 0 Å². The van der Waals surface area contributed by atoms with Gasteiger partial charge in [0.2, 0.25) is 4.96 Å². The number of nitrogens with zero attached hydrogens (tertiary/aromatic N) is 4. The summed E-state index contributed by atoms with van der Waals surface area (Å²) >= 11 is 1.45. The van der Waals surface area contributed by atoms with Crippen molar-refractivity contribution >= 4 is 16.3 Å². The second kappa shape index (κ2) is 8.90. The molecule has 2 aromatic heterocycles. The molecule has 0 aliphatic heterocycles. The molecule has 0 spiro atoms. The van der Waals surface area contributed by atoms with E-state index < -0.39 is 0 Å². The first-order chi connectivity index (χ1) is 14.5. The average molecular weight is 419 g/mol. The lowest BCUT2D eigenvalue weighted by molar-refractivity contribution is 0.225. The Kier molecular flexibility index (Phi) is 6.06. The number of benzene rings is 2. The Morgan fingerprint density at radius 2 is 1.77 bits per heavy atom. The predicted molar refractivity (Wildman–Crippen MR) is 123 cm³/mol. The number of aromatic nitrogens is 3. The summed E-state index contributed by atoms with van der Waals surface area (Å²) in [7, 11) is 0. The predicted octanol–water partition coefficient (Wildman–Crippen LogP) is 4.78. The van der Waals surface area contributed by atoms with E-state index in [4.69, 9.17) is 4.98 Å². The fourth-order valence-corrected chi connectivity index (χ4v) is 4.45. The summed E-state index contributed by atoms with van der Waals surface area (Å²) in [6.45, 7) is 8.92. The molecule has 0 saturated carbocycles. The van der Waals surface area contributed by atoms with Crippen molar-refractivity contribution in [1.29, 1.82) is 0 Å². The summed E-state index contributed by atoms with van der Waals surface area (Å²) in [6, 6.07) is 20.1. The van der Waals surface area contributed by atoms with Crippen molar-refractivity contribution in [2.45, 2.75) is 33.9 Å². The molecule has 0 N–H and O–H groups in total. The maximum absolute atomic E-state index is 12.7. The van der Waals surface area contributed by atoms with Crippen LogP contribution < -0.4 is 5.56 Å². The molecule has 2 heterocycles. The van der Waals surface area contributed by atoms with E-state index in [1.165, 1.54) is 27.0 Å². The van der Waals surface area contributed by atoms with Crippen LogP contribution >= 0.6 is 11.3 Å². The van der Waals surface area contributed by atoms with Crippen molar-refractivity contribution in [1.82, 2.24) is 19.5 Å². The molecule has 0 unspecified atom stereocenters. The number of rotatable bonds is 7. The summed E-state index contributed by atoms with van der Waals surface area (Å²) in [5, 5.41) is 5.28. The van der Waals surface area contributed by atoms with Crippen LogP contribution in [-0.4, -0.2) is 26.0 Å². The van der Waals surface area contributed by atoms with E-state index in [0.29, 0.717) is 17.4 Å². The monoisotopic (exact) mass is 418 g/mol. The molecule has 2 aromatic carbocycles. The molecule has 0 aliphatic carbocycles. The van der Waals surface area contributed by atoms with Crippen LogP contribution in [0, 0.1) is 12.8 Å². The highest BCUT2D eigenvalue weighted by Crippen LogP contribution is 2.24. The van der Waals surface area contributed by atoms with Crippen molar-refractivity contribution in [3.05, 3.63) is 87.8 Å². The van der Waals surface area contributed by atoms with E-state index in [0.717, 1.165) is 29.4 Å². The first-order valence-corrected chi connectivity index (χ1v) is 11.0. The van der Waals surface area contributed by atoms with Crippen LogP contribution in [0.1, 0.15) is 30.7 Å². The topological polar surface area (TPSA) is 50.5 Å². The lowest BCUT2D eigenvalue weighted by Gasteiger charge is -2.24. The van der Waals surface area contributed by atoms with Crippen molar-refractivity contribution in [2.24, 2.45) is 5.92 Å². The molecule has 0 atom stereocenters. The molecule has 0 aliphatic rings.